The number of aromatic nitrogens is 1. The zero-order chi connectivity index (χ0) is 20.2. The highest BCUT2D eigenvalue weighted by Crippen LogP contribution is 2.35. The molecule has 1 saturated heterocycles. The molecule has 0 spiro atoms. The maximum Gasteiger partial charge on any atom is 0.255 e. The second-order valence-electron chi connectivity index (χ2n) is 7.71. The van der Waals surface area contributed by atoms with E-state index in [2.05, 4.69) is 29.2 Å². The van der Waals surface area contributed by atoms with Gasteiger partial charge in [-0.1, -0.05) is 24.3 Å². The molecule has 1 atom stereocenters. The molecule has 148 valence electrons. The van der Waals surface area contributed by atoms with Gasteiger partial charge >= 0.3 is 0 Å². The number of aryl methyl sites for hydroxylation is 1. The van der Waals surface area contributed by atoms with Gasteiger partial charge in [0.2, 0.25) is 5.91 Å². The third-order valence-electron chi connectivity index (χ3n) is 5.94. The minimum Gasteiger partial charge on any atom is -0.341 e. The average molecular weight is 388 g/mol. The molecular formula is C23H24N4O2. The molecule has 1 fully saturated rings. The summed E-state index contributed by atoms with van der Waals surface area (Å²) < 4.78 is 0. The first-order chi connectivity index (χ1) is 14.2. The summed E-state index contributed by atoms with van der Waals surface area (Å²) in [5.74, 6) is 0.395. The zero-order valence-corrected chi connectivity index (χ0v) is 16.4. The van der Waals surface area contributed by atoms with Crippen LogP contribution in [0.1, 0.15) is 52.4 Å². The van der Waals surface area contributed by atoms with Gasteiger partial charge in [0.1, 0.15) is 11.8 Å². The van der Waals surface area contributed by atoms with Gasteiger partial charge in [-0.3, -0.25) is 9.59 Å². The number of hydrogen-bond acceptors (Lipinski definition) is 4. The SMILES string of the molecule is N#Cc1ccc(C(=O)N2CCCN(C(=O)CC3CCc4ccccc43)CC2)cn1. The Morgan fingerprint density at radius 1 is 1.07 bits per heavy atom. The van der Waals surface area contributed by atoms with Crippen LogP contribution in [0.3, 0.4) is 0 Å². The van der Waals surface area contributed by atoms with E-state index in [9.17, 15) is 9.59 Å². The molecule has 2 amide bonds. The molecule has 2 aliphatic rings. The predicted octanol–water partition coefficient (Wildman–Crippen LogP) is 2.75. The first kappa shape index (κ1) is 19.1. The Morgan fingerprint density at radius 3 is 2.66 bits per heavy atom. The molecule has 4 rings (SSSR count). The lowest BCUT2D eigenvalue weighted by molar-refractivity contribution is -0.131. The number of nitrogens with zero attached hydrogens (tertiary/aromatic N) is 4. The number of carbonyl (C=O) groups excluding carboxylic acids is 2. The molecule has 0 bridgehead atoms. The minimum absolute atomic E-state index is 0.0963. The lowest BCUT2D eigenvalue weighted by atomic mass is 9.97. The Morgan fingerprint density at radius 2 is 1.86 bits per heavy atom. The van der Waals surface area contributed by atoms with Gasteiger partial charge in [0.15, 0.2) is 0 Å². The molecule has 6 nitrogen and oxygen atoms in total. The van der Waals surface area contributed by atoms with Crippen LogP contribution in [0, 0.1) is 11.3 Å². The van der Waals surface area contributed by atoms with Crippen LogP contribution >= 0.6 is 0 Å². The van der Waals surface area contributed by atoms with E-state index in [1.807, 2.05) is 11.0 Å². The van der Waals surface area contributed by atoms with Crippen LogP contribution in [0.4, 0.5) is 0 Å². The lowest BCUT2D eigenvalue weighted by Gasteiger charge is -2.23. The van der Waals surface area contributed by atoms with Gasteiger partial charge in [-0.15, -0.1) is 0 Å². The molecule has 2 aromatic rings. The highest BCUT2D eigenvalue weighted by Gasteiger charge is 2.28. The Kier molecular flexibility index (Phi) is 5.57. The van der Waals surface area contributed by atoms with E-state index >= 15 is 0 Å². The molecular weight excluding hydrogens is 364 g/mol. The molecule has 1 aromatic carbocycles. The van der Waals surface area contributed by atoms with Gasteiger partial charge in [0.05, 0.1) is 5.56 Å². The highest BCUT2D eigenvalue weighted by atomic mass is 16.2. The van der Waals surface area contributed by atoms with Gasteiger partial charge in [-0.25, -0.2) is 4.98 Å². The highest BCUT2D eigenvalue weighted by molar-refractivity contribution is 5.94. The van der Waals surface area contributed by atoms with Crippen LogP contribution in [0.5, 0.6) is 0 Å². The number of rotatable bonds is 3. The molecule has 29 heavy (non-hydrogen) atoms. The van der Waals surface area contributed by atoms with Crippen molar-refractivity contribution >= 4 is 11.8 Å². The summed E-state index contributed by atoms with van der Waals surface area (Å²) in [5.41, 5.74) is 3.46. The normalized spacial score (nSPS) is 18.7. The monoisotopic (exact) mass is 388 g/mol. The summed E-state index contributed by atoms with van der Waals surface area (Å²) in [6.45, 7) is 2.38. The van der Waals surface area contributed by atoms with Gasteiger partial charge < -0.3 is 9.80 Å². The summed E-state index contributed by atoms with van der Waals surface area (Å²) in [4.78, 5) is 33.3. The number of hydrogen-bond donors (Lipinski definition) is 0. The van der Waals surface area contributed by atoms with E-state index in [4.69, 9.17) is 5.26 Å². The molecule has 1 unspecified atom stereocenters. The fraction of sp³-hybridized carbons (Fsp3) is 0.391. The predicted molar refractivity (Wildman–Crippen MR) is 108 cm³/mol. The smallest absolute Gasteiger partial charge is 0.255 e. The average Bonchev–Trinajstić information content (AvgIpc) is 3.00. The second-order valence-corrected chi connectivity index (χ2v) is 7.71. The maximum atomic E-state index is 12.9. The van der Waals surface area contributed by atoms with Crippen LogP contribution in [-0.4, -0.2) is 52.8 Å². The molecule has 1 aliphatic carbocycles. The largest absolute Gasteiger partial charge is 0.341 e. The number of amides is 2. The van der Waals surface area contributed by atoms with Crippen LogP contribution in [0.2, 0.25) is 0 Å². The molecule has 0 radical (unpaired) electrons. The fourth-order valence-electron chi connectivity index (χ4n) is 4.34. The van der Waals surface area contributed by atoms with E-state index in [1.165, 1.54) is 17.3 Å². The third-order valence-corrected chi connectivity index (χ3v) is 5.94. The molecule has 0 saturated carbocycles. The first-order valence-corrected chi connectivity index (χ1v) is 10.2. The Hall–Kier alpha value is -3.20. The molecule has 1 aromatic heterocycles. The molecule has 0 N–H and O–H groups in total. The van der Waals surface area contributed by atoms with E-state index in [0.717, 1.165) is 19.3 Å². The van der Waals surface area contributed by atoms with Crippen molar-refractivity contribution in [1.82, 2.24) is 14.8 Å². The Balaban J connectivity index is 1.35. The number of nitriles is 1. The van der Waals surface area contributed by atoms with Crippen LogP contribution in [0.25, 0.3) is 0 Å². The van der Waals surface area contributed by atoms with Crippen molar-refractivity contribution in [1.29, 1.82) is 5.26 Å². The van der Waals surface area contributed by atoms with Gasteiger partial charge in [-0.05, 0) is 48.4 Å². The van der Waals surface area contributed by atoms with Crippen molar-refractivity contribution in [3.63, 3.8) is 0 Å². The Labute approximate surface area is 170 Å². The van der Waals surface area contributed by atoms with Crippen molar-refractivity contribution < 1.29 is 9.59 Å². The Bertz CT molecular complexity index is 948. The third kappa shape index (κ3) is 4.14. The molecule has 6 heteroatoms. The summed E-state index contributed by atoms with van der Waals surface area (Å²) in [7, 11) is 0. The zero-order valence-electron chi connectivity index (χ0n) is 16.4. The molecule has 2 heterocycles. The van der Waals surface area contributed by atoms with E-state index in [0.29, 0.717) is 49.8 Å². The van der Waals surface area contributed by atoms with E-state index in [1.54, 1.807) is 17.0 Å². The van der Waals surface area contributed by atoms with E-state index < -0.39 is 0 Å². The van der Waals surface area contributed by atoms with E-state index in [-0.39, 0.29) is 11.8 Å². The van der Waals surface area contributed by atoms with Crippen molar-refractivity contribution in [3.05, 3.63) is 65.0 Å². The fourth-order valence-corrected chi connectivity index (χ4v) is 4.34. The number of benzene rings is 1. The van der Waals surface area contributed by atoms with Gasteiger partial charge in [-0.2, -0.15) is 5.26 Å². The minimum atomic E-state index is -0.0963. The maximum absolute atomic E-state index is 12.9. The van der Waals surface area contributed by atoms with Crippen molar-refractivity contribution in [2.24, 2.45) is 0 Å². The quantitative estimate of drug-likeness (QED) is 0.810. The second kappa shape index (κ2) is 8.44. The van der Waals surface area contributed by atoms with Gasteiger partial charge in [0, 0.05) is 38.8 Å². The summed E-state index contributed by atoms with van der Waals surface area (Å²) in [6.07, 6.45) is 4.85. The number of pyridine rings is 1. The van der Waals surface area contributed by atoms with Crippen molar-refractivity contribution in [3.8, 4) is 6.07 Å². The van der Waals surface area contributed by atoms with Crippen molar-refractivity contribution in [2.45, 2.75) is 31.6 Å². The number of fused-ring (bicyclic) bond motifs is 1. The number of carbonyl (C=O) groups is 2. The standard InChI is InChI=1S/C23H24N4O2/c24-15-20-9-8-19(16-25-20)23(29)27-11-3-10-26(12-13-27)22(28)14-18-7-6-17-4-1-2-5-21(17)18/h1-2,4-5,8-9,16,18H,3,6-7,10-14H2. The van der Waals surface area contributed by atoms with Crippen LogP contribution in [-0.2, 0) is 11.2 Å². The summed E-state index contributed by atoms with van der Waals surface area (Å²) in [5, 5.41) is 8.85. The van der Waals surface area contributed by atoms with Gasteiger partial charge in [0.25, 0.3) is 5.91 Å². The first-order valence-electron chi connectivity index (χ1n) is 10.2. The molecule has 1 aliphatic heterocycles. The summed E-state index contributed by atoms with van der Waals surface area (Å²) in [6, 6.07) is 13.6. The lowest BCUT2D eigenvalue weighted by Crippen LogP contribution is -2.37. The van der Waals surface area contributed by atoms with Crippen LogP contribution < -0.4 is 0 Å². The van der Waals surface area contributed by atoms with Crippen molar-refractivity contribution in [2.75, 3.05) is 26.2 Å². The topological polar surface area (TPSA) is 77.3 Å². The van der Waals surface area contributed by atoms with Crippen LogP contribution in [0.15, 0.2) is 42.6 Å². The summed E-state index contributed by atoms with van der Waals surface area (Å²) >= 11 is 0.